The lowest BCUT2D eigenvalue weighted by atomic mass is 9.86. The van der Waals surface area contributed by atoms with Gasteiger partial charge >= 0.3 is 0 Å². The number of hydrogen-bond acceptors (Lipinski definition) is 2. The predicted octanol–water partition coefficient (Wildman–Crippen LogP) is 5.26. The Kier molecular flexibility index (Phi) is 6.88. The second kappa shape index (κ2) is 8.68. The molecule has 2 rings (SSSR count). The molecule has 0 aliphatic carbocycles. The van der Waals surface area contributed by atoms with E-state index in [0.29, 0.717) is 18.4 Å². The minimum Gasteiger partial charge on any atom is -0.508 e. The van der Waals surface area contributed by atoms with E-state index in [1.807, 2.05) is 0 Å². The fourth-order valence-corrected chi connectivity index (χ4v) is 3.77. The molecule has 1 atom stereocenters. The summed E-state index contributed by atoms with van der Waals surface area (Å²) in [5, 5.41) is 9.57. The molecule has 0 amide bonds. The Labute approximate surface area is 140 Å². The third kappa shape index (κ3) is 5.20. The average Bonchev–Trinajstić information content (AvgIpc) is 2.56. The van der Waals surface area contributed by atoms with E-state index in [2.05, 4.69) is 18.7 Å². The van der Waals surface area contributed by atoms with E-state index in [9.17, 15) is 5.11 Å². The molecule has 1 saturated heterocycles. The van der Waals surface area contributed by atoms with Crippen LogP contribution >= 0.6 is 0 Å². The lowest BCUT2D eigenvalue weighted by molar-refractivity contribution is 0.0545. The van der Waals surface area contributed by atoms with Crippen LogP contribution in [0.25, 0.3) is 0 Å². The number of likely N-dealkylation sites (tertiary alicyclic amines) is 1. The third-order valence-electron chi connectivity index (χ3n) is 5.37. The summed E-state index contributed by atoms with van der Waals surface area (Å²) in [5.41, 5.74) is -0.644. The van der Waals surface area contributed by atoms with Gasteiger partial charge in [-0.25, -0.2) is 4.39 Å². The first-order valence-electron chi connectivity index (χ1n) is 9.28. The van der Waals surface area contributed by atoms with Gasteiger partial charge in [-0.1, -0.05) is 45.2 Å². The molecule has 0 radical (unpaired) electrons. The highest BCUT2D eigenvalue weighted by Gasteiger charge is 2.36. The molecule has 23 heavy (non-hydrogen) atoms. The summed E-state index contributed by atoms with van der Waals surface area (Å²) in [4.78, 5) is 2.40. The highest BCUT2D eigenvalue weighted by Crippen LogP contribution is 2.38. The fourth-order valence-electron chi connectivity index (χ4n) is 3.77. The van der Waals surface area contributed by atoms with E-state index in [0.717, 1.165) is 25.6 Å². The van der Waals surface area contributed by atoms with E-state index < -0.39 is 5.67 Å². The van der Waals surface area contributed by atoms with Crippen LogP contribution in [0.3, 0.4) is 0 Å². The maximum absolute atomic E-state index is 15.1. The minimum atomic E-state index is -1.27. The highest BCUT2D eigenvalue weighted by atomic mass is 19.1. The largest absolute Gasteiger partial charge is 0.508 e. The number of halogens is 1. The third-order valence-corrected chi connectivity index (χ3v) is 5.37. The summed E-state index contributed by atoms with van der Waals surface area (Å²) >= 11 is 0. The van der Waals surface area contributed by atoms with Gasteiger partial charge in [0.1, 0.15) is 11.4 Å². The number of rotatable bonds is 8. The van der Waals surface area contributed by atoms with Crippen molar-refractivity contribution in [2.45, 2.75) is 64.5 Å². The Morgan fingerprint density at radius 1 is 1.22 bits per heavy atom. The van der Waals surface area contributed by atoms with Gasteiger partial charge < -0.3 is 10.0 Å². The van der Waals surface area contributed by atoms with E-state index in [1.54, 1.807) is 24.3 Å². The van der Waals surface area contributed by atoms with Gasteiger partial charge in [0.25, 0.3) is 0 Å². The van der Waals surface area contributed by atoms with E-state index >= 15 is 4.39 Å². The monoisotopic (exact) mass is 321 g/mol. The normalized spacial score (nSPS) is 19.6. The number of hydrogen-bond donors (Lipinski definition) is 1. The van der Waals surface area contributed by atoms with Crippen LogP contribution in [0, 0.1) is 5.92 Å². The van der Waals surface area contributed by atoms with Gasteiger partial charge in [-0.05, 0) is 55.8 Å². The van der Waals surface area contributed by atoms with Gasteiger partial charge in [-0.3, -0.25) is 0 Å². The van der Waals surface area contributed by atoms with Crippen molar-refractivity contribution >= 4 is 0 Å². The van der Waals surface area contributed by atoms with Crippen LogP contribution in [0.4, 0.5) is 4.39 Å². The molecule has 1 unspecified atom stereocenters. The summed E-state index contributed by atoms with van der Waals surface area (Å²) in [7, 11) is 0. The average molecular weight is 321 g/mol. The second-order valence-corrected chi connectivity index (χ2v) is 7.06. The van der Waals surface area contributed by atoms with Crippen LogP contribution < -0.4 is 0 Å². The number of nitrogens with zero attached hydrogens (tertiary/aromatic N) is 1. The molecule has 3 heteroatoms. The number of piperidine rings is 1. The standard InChI is InChI=1S/C20H32FNO/c1-3-7-17(4-2)8-6-13-22-14-11-20(21,12-15-22)18-9-5-10-19(23)16-18/h5,9-10,16-17,23H,3-4,6-8,11-15H2,1-2H3. The Morgan fingerprint density at radius 3 is 2.57 bits per heavy atom. The zero-order valence-electron chi connectivity index (χ0n) is 14.7. The summed E-state index contributed by atoms with van der Waals surface area (Å²) in [6.45, 7) is 7.27. The second-order valence-electron chi connectivity index (χ2n) is 7.06. The lowest BCUT2D eigenvalue weighted by Crippen LogP contribution is -2.40. The first-order chi connectivity index (χ1) is 11.1. The maximum atomic E-state index is 15.1. The van der Waals surface area contributed by atoms with Crippen molar-refractivity contribution in [1.82, 2.24) is 4.90 Å². The Morgan fingerprint density at radius 2 is 1.96 bits per heavy atom. The molecule has 0 aromatic heterocycles. The number of alkyl halides is 1. The molecule has 130 valence electrons. The Hall–Kier alpha value is -1.09. The summed E-state index contributed by atoms with van der Waals surface area (Å²) in [6.07, 6.45) is 7.47. The summed E-state index contributed by atoms with van der Waals surface area (Å²) < 4.78 is 15.1. The van der Waals surface area contributed by atoms with Gasteiger partial charge in [0.15, 0.2) is 0 Å². The molecule has 1 aromatic carbocycles. The van der Waals surface area contributed by atoms with Crippen LogP contribution in [0.5, 0.6) is 5.75 Å². The Balaban J connectivity index is 1.77. The van der Waals surface area contributed by atoms with Crippen molar-refractivity contribution < 1.29 is 9.50 Å². The van der Waals surface area contributed by atoms with E-state index in [-0.39, 0.29) is 5.75 Å². The molecular formula is C20H32FNO. The van der Waals surface area contributed by atoms with E-state index in [1.165, 1.54) is 32.1 Å². The minimum absolute atomic E-state index is 0.156. The van der Waals surface area contributed by atoms with E-state index in [4.69, 9.17) is 0 Å². The smallest absolute Gasteiger partial charge is 0.138 e. The molecular weight excluding hydrogens is 289 g/mol. The fraction of sp³-hybridized carbons (Fsp3) is 0.700. The van der Waals surface area contributed by atoms with Crippen molar-refractivity contribution in [3.05, 3.63) is 29.8 Å². The van der Waals surface area contributed by atoms with Crippen molar-refractivity contribution in [1.29, 1.82) is 0 Å². The molecule has 1 aromatic rings. The van der Waals surface area contributed by atoms with Gasteiger partial charge in [-0.15, -0.1) is 0 Å². The molecule has 2 nitrogen and oxygen atoms in total. The molecule has 0 saturated carbocycles. The van der Waals surface area contributed by atoms with Crippen LogP contribution in [-0.2, 0) is 5.67 Å². The number of phenols is 1. The van der Waals surface area contributed by atoms with Crippen LogP contribution in [-0.4, -0.2) is 29.6 Å². The zero-order chi connectivity index (χ0) is 16.7. The first-order valence-corrected chi connectivity index (χ1v) is 9.28. The molecule has 1 fully saturated rings. The van der Waals surface area contributed by atoms with Crippen molar-refractivity contribution in [3.63, 3.8) is 0 Å². The number of phenolic OH excluding ortho intramolecular Hbond substituents is 1. The maximum Gasteiger partial charge on any atom is 0.138 e. The predicted molar refractivity (Wildman–Crippen MR) is 94.5 cm³/mol. The summed E-state index contributed by atoms with van der Waals surface area (Å²) in [5.74, 6) is 1.01. The first kappa shape index (κ1) is 18.3. The summed E-state index contributed by atoms with van der Waals surface area (Å²) in [6, 6.07) is 6.71. The SMILES string of the molecule is CCCC(CC)CCCN1CCC(F)(c2cccc(O)c2)CC1. The van der Waals surface area contributed by atoms with Crippen molar-refractivity contribution in [3.8, 4) is 5.75 Å². The van der Waals surface area contributed by atoms with Crippen molar-refractivity contribution in [2.24, 2.45) is 5.92 Å². The molecule has 0 spiro atoms. The zero-order valence-corrected chi connectivity index (χ0v) is 14.7. The van der Waals surface area contributed by atoms with Gasteiger partial charge in [0.05, 0.1) is 0 Å². The molecule has 1 N–H and O–H groups in total. The van der Waals surface area contributed by atoms with Crippen LogP contribution in [0.1, 0.15) is 64.4 Å². The quantitative estimate of drug-likeness (QED) is 0.706. The van der Waals surface area contributed by atoms with Crippen molar-refractivity contribution in [2.75, 3.05) is 19.6 Å². The number of aromatic hydroxyl groups is 1. The molecule has 1 aliphatic rings. The molecule has 1 heterocycles. The Bertz CT molecular complexity index is 468. The van der Waals surface area contributed by atoms with Gasteiger partial charge in [0, 0.05) is 13.1 Å². The molecule has 0 bridgehead atoms. The van der Waals surface area contributed by atoms with Crippen LogP contribution in [0.15, 0.2) is 24.3 Å². The molecule has 1 aliphatic heterocycles. The highest BCUT2D eigenvalue weighted by molar-refractivity contribution is 5.31. The van der Waals surface area contributed by atoms with Crippen LogP contribution in [0.2, 0.25) is 0 Å². The van der Waals surface area contributed by atoms with Gasteiger partial charge in [0.2, 0.25) is 0 Å². The lowest BCUT2D eigenvalue weighted by Gasteiger charge is -2.37. The van der Waals surface area contributed by atoms with Gasteiger partial charge in [-0.2, -0.15) is 0 Å². The number of benzene rings is 1. The topological polar surface area (TPSA) is 23.5 Å².